The van der Waals surface area contributed by atoms with Crippen LogP contribution in [-0.2, 0) is 7.05 Å². The van der Waals surface area contributed by atoms with E-state index >= 15 is 0 Å². The second-order valence-corrected chi connectivity index (χ2v) is 5.62. The molecule has 0 spiro atoms. The molecular weight excluding hydrogens is 322 g/mol. The molecule has 0 unspecified atom stereocenters. The minimum Gasteiger partial charge on any atom is -0.506 e. The van der Waals surface area contributed by atoms with Gasteiger partial charge in [-0.3, -0.25) is 0 Å². The van der Waals surface area contributed by atoms with Crippen LogP contribution in [0.3, 0.4) is 0 Å². The van der Waals surface area contributed by atoms with E-state index in [0.717, 1.165) is 16.6 Å². The van der Waals surface area contributed by atoms with E-state index in [4.69, 9.17) is 11.6 Å². The summed E-state index contributed by atoms with van der Waals surface area (Å²) < 4.78 is 1.79. The van der Waals surface area contributed by atoms with E-state index in [1.807, 2.05) is 55.6 Å². The molecule has 1 heterocycles. The molecule has 0 aliphatic heterocycles. The van der Waals surface area contributed by atoms with E-state index in [9.17, 15) is 10.4 Å². The van der Waals surface area contributed by atoms with Gasteiger partial charge in [0, 0.05) is 12.1 Å². The fourth-order valence-corrected chi connectivity index (χ4v) is 2.65. The Morgan fingerprint density at radius 2 is 1.92 bits per heavy atom. The first kappa shape index (κ1) is 15.9. The second kappa shape index (κ2) is 6.61. The molecular formula is C19H14ClN3O. The fraction of sp³-hybridized carbons (Fsp3) is 0.0526. The van der Waals surface area contributed by atoms with Crippen LogP contribution in [0.4, 0.5) is 0 Å². The minimum absolute atomic E-state index is 0.108. The van der Waals surface area contributed by atoms with Gasteiger partial charge < -0.3 is 9.67 Å². The number of hydrogen-bond donors (Lipinski definition) is 1. The molecule has 3 aromatic rings. The number of fused-ring (bicyclic) bond motifs is 1. The second-order valence-electron chi connectivity index (χ2n) is 5.21. The van der Waals surface area contributed by atoms with E-state index in [1.165, 1.54) is 6.08 Å². The molecule has 2 aromatic carbocycles. The minimum atomic E-state index is -0.157. The Morgan fingerprint density at radius 3 is 2.62 bits per heavy atom. The Balaban J connectivity index is 2.06. The molecule has 1 aromatic heterocycles. The third-order valence-electron chi connectivity index (χ3n) is 3.70. The van der Waals surface area contributed by atoms with Crippen molar-refractivity contribution in [1.82, 2.24) is 9.55 Å². The molecule has 5 heteroatoms. The number of benzene rings is 2. The number of rotatable bonds is 3. The highest BCUT2D eigenvalue weighted by Gasteiger charge is 2.15. The topological polar surface area (TPSA) is 61.8 Å². The first-order chi connectivity index (χ1) is 11.6. The molecule has 0 bridgehead atoms. The SMILES string of the molecule is Cn1c(C(C#N)=C(O)/C=C/c2ccccc2Cl)nc2ccccc21. The van der Waals surface area contributed by atoms with Crippen molar-refractivity contribution in [1.29, 1.82) is 5.26 Å². The molecule has 0 fully saturated rings. The van der Waals surface area contributed by atoms with Gasteiger partial charge in [0.1, 0.15) is 17.4 Å². The summed E-state index contributed by atoms with van der Waals surface area (Å²) in [6.07, 6.45) is 3.12. The van der Waals surface area contributed by atoms with Crippen molar-refractivity contribution in [3.63, 3.8) is 0 Å². The molecule has 118 valence electrons. The lowest BCUT2D eigenvalue weighted by molar-refractivity contribution is 0.436. The van der Waals surface area contributed by atoms with Gasteiger partial charge in [-0.2, -0.15) is 5.26 Å². The van der Waals surface area contributed by atoms with Crippen molar-refractivity contribution >= 4 is 34.3 Å². The van der Waals surface area contributed by atoms with Gasteiger partial charge in [-0.05, 0) is 35.9 Å². The van der Waals surface area contributed by atoms with Crippen LogP contribution in [0.5, 0.6) is 0 Å². The van der Waals surface area contributed by atoms with E-state index in [-0.39, 0.29) is 11.3 Å². The van der Waals surface area contributed by atoms with Gasteiger partial charge in [0.2, 0.25) is 0 Å². The third kappa shape index (κ3) is 2.90. The molecule has 0 saturated carbocycles. The molecule has 4 nitrogen and oxygen atoms in total. The van der Waals surface area contributed by atoms with Crippen LogP contribution in [0.1, 0.15) is 11.4 Å². The molecule has 0 aliphatic carbocycles. The zero-order valence-corrected chi connectivity index (χ0v) is 13.7. The van der Waals surface area contributed by atoms with Gasteiger partial charge in [0.05, 0.1) is 11.0 Å². The smallest absolute Gasteiger partial charge is 0.155 e. The highest BCUT2D eigenvalue weighted by molar-refractivity contribution is 6.32. The van der Waals surface area contributed by atoms with Crippen LogP contribution in [0, 0.1) is 11.3 Å². The summed E-state index contributed by atoms with van der Waals surface area (Å²) in [6.45, 7) is 0. The number of aromatic nitrogens is 2. The summed E-state index contributed by atoms with van der Waals surface area (Å²) in [5, 5.41) is 20.4. The first-order valence-electron chi connectivity index (χ1n) is 7.29. The molecule has 0 saturated heterocycles. The number of aliphatic hydroxyl groups is 1. The summed E-state index contributed by atoms with van der Waals surface area (Å²) in [6, 6.07) is 16.9. The maximum absolute atomic E-state index is 10.3. The lowest BCUT2D eigenvalue weighted by Crippen LogP contribution is -1.98. The van der Waals surface area contributed by atoms with Gasteiger partial charge in [0.15, 0.2) is 5.82 Å². The van der Waals surface area contributed by atoms with Crippen molar-refractivity contribution in [2.75, 3.05) is 0 Å². The van der Waals surface area contributed by atoms with Crippen LogP contribution in [0.25, 0.3) is 22.7 Å². The Bertz CT molecular complexity index is 1010. The number of aliphatic hydroxyl groups excluding tert-OH is 1. The van der Waals surface area contributed by atoms with E-state index < -0.39 is 0 Å². The van der Waals surface area contributed by atoms with Gasteiger partial charge in [-0.1, -0.05) is 41.9 Å². The van der Waals surface area contributed by atoms with Gasteiger partial charge in [-0.25, -0.2) is 4.98 Å². The lowest BCUT2D eigenvalue weighted by Gasteiger charge is -2.02. The third-order valence-corrected chi connectivity index (χ3v) is 4.05. The van der Waals surface area contributed by atoms with Crippen LogP contribution >= 0.6 is 11.6 Å². The predicted octanol–water partition coefficient (Wildman–Crippen LogP) is 4.73. The Hall–Kier alpha value is -3.03. The van der Waals surface area contributed by atoms with Crippen molar-refractivity contribution in [3.8, 4) is 6.07 Å². The zero-order valence-electron chi connectivity index (χ0n) is 12.9. The van der Waals surface area contributed by atoms with Gasteiger partial charge in [-0.15, -0.1) is 0 Å². The molecule has 0 aliphatic rings. The largest absolute Gasteiger partial charge is 0.506 e. The molecule has 0 amide bonds. The maximum atomic E-state index is 10.3. The summed E-state index contributed by atoms with van der Waals surface area (Å²) in [5.74, 6) is 0.260. The van der Waals surface area contributed by atoms with Gasteiger partial charge in [0.25, 0.3) is 0 Å². The van der Waals surface area contributed by atoms with Crippen molar-refractivity contribution < 1.29 is 5.11 Å². The van der Waals surface area contributed by atoms with Crippen molar-refractivity contribution in [2.24, 2.45) is 7.05 Å². The van der Waals surface area contributed by atoms with Crippen LogP contribution in [0.2, 0.25) is 5.02 Å². The average Bonchev–Trinajstić information content (AvgIpc) is 2.92. The molecule has 0 atom stereocenters. The number of nitrogens with zero attached hydrogens (tertiary/aromatic N) is 3. The first-order valence-corrected chi connectivity index (χ1v) is 7.67. The predicted molar refractivity (Wildman–Crippen MR) is 96.4 cm³/mol. The summed E-state index contributed by atoms with van der Waals surface area (Å²) >= 11 is 6.09. The highest BCUT2D eigenvalue weighted by Crippen LogP contribution is 2.23. The number of hydrogen-bond acceptors (Lipinski definition) is 3. The Kier molecular flexibility index (Phi) is 4.37. The summed E-state index contributed by atoms with van der Waals surface area (Å²) in [5.41, 5.74) is 2.53. The van der Waals surface area contributed by atoms with Crippen LogP contribution in [-0.4, -0.2) is 14.7 Å². The quantitative estimate of drug-likeness (QED) is 0.427. The Labute approximate surface area is 144 Å². The number of allylic oxidation sites excluding steroid dienone is 2. The summed E-state index contributed by atoms with van der Waals surface area (Å²) in [7, 11) is 1.81. The molecule has 3 rings (SSSR count). The molecule has 24 heavy (non-hydrogen) atoms. The lowest BCUT2D eigenvalue weighted by atomic mass is 10.1. The van der Waals surface area contributed by atoms with E-state index in [0.29, 0.717) is 10.8 Å². The maximum Gasteiger partial charge on any atom is 0.155 e. The molecule has 1 N–H and O–H groups in total. The highest BCUT2D eigenvalue weighted by atomic mass is 35.5. The van der Waals surface area contributed by atoms with Gasteiger partial charge >= 0.3 is 0 Å². The Morgan fingerprint density at radius 1 is 1.21 bits per heavy atom. The molecule has 0 radical (unpaired) electrons. The number of nitriles is 1. The zero-order chi connectivity index (χ0) is 17.1. The number of imidazole rings is 1. The van der Waals surface area contributed by atoms with Crippen LogP contribution < -0.4 is 0 Å². The summed E-state index contributed by atoms with van der Waals surface area (Å²) in [4.78, 5) is 4.44. The van der Waals surface area contributed by atoms with Crippen LogP contribution in [0.15, 0.2) is 60.4 Å². The number of halogens is 1. The monoisotopic (exact) mass is 335 g/mol. The normalized spacial score (nSPS) is 12.4. The number of aryl methyl sites for hydroxylation is 1. The van der Waals surface area contributed by atoms with E-state index in [2.05, 4.69) is 4.98 Å². The average molecular weight is 336 g/mol. The van der Waals surface area contributed by atoms with Crippen molar-refractivity contribution in [2.45, 2.75) is 0 Å². The fourth-order valence-electron chi connectivity index (χ4n) is 2.45. The number of para-hydroxylation sites is 2. The van der Waals surface area contributed by atoms with E-state index in [1.54, 1.807) is 16.7 Å². The standard InChI is InChI=1S/C19H14ClN3O/c1-23-17-9-5-4-8-16(17)22-19(23)14(12-21)18(24)11-10-13-6-2-3-7-15(13)20/h2-11,24H,1H3/b11-10+,18-14?. The van der Waals surface area contributed by atoms with Crippen molar-refractivity contribution in [3.05, 3.63) is 76.8 Å².